The van der Waals surface area contributed by atoms with Crippen molar-refractivity contribution in [3.05, 3.63) is 36.5 Å². The molecule has 12 heteroatoms. The van der Waals surface area contributed by atoms with Crippen molar-refractivity contribution in [2.24, 2.45) is 0 Å². The van der Waals surface area contributed by atoms with Crippen LogP contribution in [0, 0.1) is 0 Å². The van der Waals surface area contributed by atoms with Gasteiger partial charge in [0.05, 0.1) is 6.61 Å². The number of esters is 3. The molecule has 0 saturated carbocycles. The second-order valence-electron chi connectivity index (χ2n) is 24.6. The summed E-state index contributed by atoms with van der Waals surface area (Å²) < 4.78 is 15.9. The SMILES string of the molecule is CCCCCCCC/C=C\CCCCCCCCCCCC(=O)OC(O)(OC(=O)CCCCCCCCCCC/C=C\CCCCCCCC)[C@](O)(OC(=O)CCCCCCCCCCC/C=C\CCCCCCCC)[C@H](O)[C@H](O)[C@@H](O)CO. The summed E-state index contributed by atoms with van der Waals surface area (Å²) in [6, 6.07) is 0. The minimum absolute atomic E-state index is 0.263. The highest BCUT2D eigenvalue weighted by molar-refractivity contribution is 5.73. The van der Waals surface area contributed by atoms with Crippen molar-refractivity contribution in [3.63, 3.8) is 0 Å². The third-order valence-electron chi connectivity index (χ3n) is 16.5. The van der Waals surface area contributed by atoms with Crippen LogP contribution in [0.5, 0.6) is 0 Å². The van der Waals surface area contributed by atoms with E-state index in [1.165, 1.54) is 193 Å². The fourth-order valence-corrected chi connectivity index (χ4v) is 10.8. The summed E-state index contributed by atoms with van der Waals surface area (Å²) in [5.41, 5.74) is 0. The maximum absolute atomic E-state index is 13.5. The molecule has 0 aromatic rings. The van der Waals surface area contributed by atoms with Crippen LogP contribution in [0.3, 0.4) is 0 Å². The topological polar surface area (TPSA) is 200 Å². The van der Waals surface area contributed by atoms with E-state index in [1.54, 1.807) is 0 Å². The third-order valence-corrected chi connectivity index (χ3v) is 16.5. The van der Waals surface area contributed by atoms with E-state index in [0.29, 0.717) is 38.5 Å². The van der Waals surface area contributed by atoms with Crippen molar-refractivity contribution in [1.82, 2.24) is 0 Å². The molecule has 0 amide bonds. The van der Waals surface area contributed by atoms with Gasteiger partial charge >= 0.3 is 29.7 Å². The maximum Gasteiger partial charge on any atom is 0.446 e. The molecule has 0 fully saturated rings. The zero-order chi connectivity index (χ0) is 61.7. The van der Waals surface area contributed by atoms with Crippen LogP contribution in [0.4, 0.5) is 0 Å². The molecule has 0 aromatic carbocycles. The fraction of sp³-hybridized carbons (Fsp3) is 0.875. The summed E-state index contributed by atoms with van der Waals surface area (Å²) in [5, 5.41) is 66.3. The van der Waals surface area contributed by atoms with Gasteiger partial charge in [-0.25, -0.2) is 0 Å². The molecule has 0 saturated heterocycles. The molecular weight excluding hydrogens is 1060 g/mol. The molecule has 0 bridgehead atoms. The Labute approximate surface area is 515 Å². The fourth-order valence-electron chi connectivity index (χ4n) is 10.8. The standard InChI is InChI=1S/C72H134O12/c1-4-7-10-13-16-19-22-25-28-31-34-37-40-43-46-49-52-55-58-61-66(75)82-71(80,70(79)69(78)65(74)64-73)72(81,83-67(76)62-59-56-53-50-47-44-41-38-35-32-29-26-23-20-17-14-11-8-5-2)84-68(77)63-60-57-54-51-48-45-42-39-36-33-30-27-24-21-18-15-12-9-6-3/h25-30,65,69-70,73-74,78-81H,4-24,31-64H2,1-3H3/b28-25-,29-26-,30-27-/t65-,69+,70+,71+/m0/s1. The lowest BCUT2D eigenvalue weighted by Gasteiger charge is -2.43. The highest BCUT2D eigenvalue weighted by Gasteiger charge is 2.67. The molecule has 6 N–H and O–H groups in total. The van der Waals surface area contributed by atoms with Gasteiger partial charge in [-0.05, 0) is 96.3 Å². The van der Waals surface area contributed by atoms with Crippen LogP contribution in [0.15, 0.2) is 36.5 Å². The predicted octanol–water partition coefficient (Wildman–Crippen LogP) is 18.8. The zero-order valence-electron chi connectivity index (χ0n) is 54.7. The molecule has 12 nitrogen and oxygen atoms in total. The number of carbonyl (C=O) groups excluding carboxylic acids is 3. The molecule has 0 spiro atoms. The van der Waals surface area contributed by atoms with E-state index in [2.05, 4.69) is 57.2 Å². The smallest absolute Gasteiger partial charge is 0.419 e. The van der Waals surface area contributed by atoms with Gasteiger partial charge in [-0.3, -0.25) is 14.4 Å². The number of allylic oxidation sites excluding steroid dienone is 6. The van der Waals surface area contributed by atoms with E-state index in [-0.39, 0.29) is 19.3 Å². The molecule has 0 aliphatic rings. The third kappa shape index (κ3) is 48.4. The van der Waals surface area contributed by atoms with E-state index >= 15 is 0 Å². The van der Waals surface area contributed by atoms with Gasteiger partial charge < -0.3 is 44.8 Å². The lowest BCUT2D eigenvalue weighted by molar-refractivity contribution is -0.465. The van der Waals surface area contributed by atoms with Crippen molar-refractivity contribution in [2.45, 2.75) is 398 Å². The van der Waals surface area contributed by atoms with Gasteiger partial charge in [-0.1, -0.05) is 288 Å². The van der Waals surface area contributed by atoms with E-state index in [1.807, 2.05) is 0 Å². The second kappa shape index (κ2) is 60.7. The number of aliphatic hydroxyl groups is 6. The van der Waals surface area contributed by atoms with Gasteiger partial charge in [0.15, 0.2) is 6.10 Å². The van der Waals surface area contributed by atoms with Crippen LogP contribution in [-0.2, 0) is 28.6 Å². The average molecular weight is 1190 g/mol. The van der Waals surface area contributed by atoms with Gasteiger partial charge in [0.1, 0.15) is 12.2 Å². The van der Waals surface area contributed by atoms with E-state index in [9.17, 15) is 45.0 Å². The van der Waals surface area contributed by atoms with Crippen LogP contribution >= 0.6 is 0 Å². The van der Waals surface area contributed by atoms with Crippen molar-refractivity contribution in [3.8, 4) is 0 Å². The van der Waals surface area contributed by atoms with E-state index in [0.717, 1.165) is 96.3 Å². The summed E-state index contributed by atoms with van der Waals surface area (Å²) in [5.74, 6) is -11.0. The number of carbonyl (C=O) groups is 3. The van der Waals surface area contributed by atoms with Crippen molar-refractivity contribution < 1.29 is 59.2 Å². The van der Waals surface area contributed by atoms with E-state index in [4.69, 9.17) is 14.2 Å². The Kier molecular flexibility index (Phi) is 58.8. The zero-order valence-corrected chi connectivity index (χ0v) is 54.7. The quantitative estimate of drug-likeness (QED) is 0.0146. The number of unbranched alkanes of at least 4 members (excludes halogenated alkanes) is 45. The Bertz CT molecular complexity index is 1490. The molecule has 4 atom stereocenters. The lowest BCUT2D eigenvalue weighted by Crippen LogP contribution is -2.70. The lowest BCUT2D eigenvalue weighted by atomic mass is 9.97. The molecule has 0 rings (SSSR count). The molecule has 0 aromatic heterocycles. The normalized spacial score (nSPS) is 14.0. The number of hydrogen-bond acceptors (Lipinski definition) is 12. The average Bonchev–Trinajstić information content (AvgIpc) is 3.58. The monoisotopic (exact) mass is 1190 g/mol. The molecule has 0 aliphatic carbocycles. The number of hydrogen-bond donors (Lipinski definition) is 6. The van der Waals surface area contributed by atoms with Gasteiger partial charge in [-0.15, -0.1) is 0 Å². The largest absolute Gasteiger partial charge is 0.446 e. The molecule has 0 aliphatic heterocycles. The summed E-state index contributed by atoms with van der Waals surface area (Å²) in [4.78, 5) is 40.4. The van der Waals surface area contributed by atoms with Crippen molar-refractivity contribution in [2.75, 3.05) is 6.61 Å². The van der Waals surface area contributed by atoms with E-state index < -0.39 is 54.6 Å². The van der Waals surface area contributed by atoms with Crippen LogP contribution < -0.4 is 0 Å². The van der Waals surface area contributed by atoms with Gasteiger partial charge in [0.25, 0.3) is 0 Å². The Morgan fingerprint density at radius 3 is 0.750 bits per heavy atom. The Balaban J connectivity index is 5.32. The van der Waals surface area contributed by atoms with Crippen LogP contribution in [-0.4, -0.2) is 85.2 Å². The number of rotatable bonds is 65. The summed E-state index contributed by atoms with van der Waals surface area (Å²) in [7, 11) is 0. The first-order valence-electron chi connectivity index (χ1n) is 35.6. The first kappa shape index (κ1) is 81.4. The molecule has 84 heavy (non-hydrogen) atoms. The summed E-state index contributed by atoms with van der Waals surface area (Å²) >= 11 is 0. The molecule has 0 radical (unpaired) electrons. The highest BCUT2D eigenvalue weighted by Crippen LogP contribution is 2.35. The minimum atomic E-state index is -3.83. The Morgan fingerprint density at radius 1 is 0.321 bits per heavy atom. The van der Waals surface area contributed by atoms with Crippen LogP contribution in [0.25, 0.3) is 0 Å². The maximum atomic E-state index is 13.5. The highest BCUT2D eigenvalue weighted by atomic mass is 16.9. The first-order valence-corrected chi connectivity index (χ1v) is 35.6. The second-order valence-corrected chi connectivity index (χ2v) is 24.6. The summed E-state index contributed by atoms with van der Waals surface area (Å²) in [6.07, 6.45) is 62.3. The van der Waals surface area contributed by atoms with Crippen molar-refractivity contribution >= 4 is 17.9 Å². The summed E-state index contributed by atoms with van der Waals surface area (Å²) in [6.45, 7) is 5.65. The van der Waals surface area contributed by atoms with Gasteiger partial charge in [0, 0.05) is 19.3 Å². The van der Waals surface area contributed by atoms with Crippen LogP contribution in [0.1, 0.15) is 367 Å². The molecule has 494 valence electrons. The molecule has 0 heterocycles. The van der Waals surface area contributed by atoms with Crippen LogP contribution in [0.2, 0.25) is 0 Å². The van der Waals surface area contributed by atoms with Crippen molar-refractivity contribution in [1.29, 1.82) is 0 Å². The number of ether oxygens (including phenoxy) is 3. The Morgan fingerprint density at radius 2 is 0.524 bits per heavy atom. The molecule has 0 unspecified atom stereocenters. The Hall–Kier alpha value is -2.61. The predicted molar refractivity (Wildman–Crippen MR) is 347 cm³/mol. The van der Waals surface area contributed by atoms with Gasteiger partial charge in [-0.2, -0.15) is 0 Å². The van der Waals surface area contributed by atoms with Gasteiger partial charge in [0.2, 0.25) is 0 Å². The minimum Gasteiger partial charge on any atom is -0.419 e. The number of aliphatic hydroxyl groups excluding tert-OH is 4. The first-order chi connectivity index (χ1) is 40.9. The molecular formula is C72H134O12.